The van der Waals surface area contributed by atoms with Crippen molar-refractivity contribution >= 4 is 0 Å². The van der Waals surface area contributed by atoms with E-state index in [1.54, 1.807) is 0 Å². The molecule has 0 radical (unpaired) electrons. The smallest absolute Gasteiger partial charge is 0.246 e. The second kappa shape index (κ2) is 2.90. The quantitative estimate of drug-likeness (QED) is 0.665. The SMILES string of the molecule is Cn1c(=O)[nH]n(C2CCCC2)c1=O. The molecule has 2 rings (SSSR count). The molecule has 5 heteroatoms. The van der Waals surface area contributed by atoms with Gasteiger partial charge in [-0.05, 0) is 12.8 Å². The van der Waals surface area contributed by atoms with E-state index in [2.05, 4.69) is 5.10 Å². The minimum atomic E-state index is -0.322. The number of nitrogens with one attached hydrogen (secondary N) is 1. The Morgan fingerprint density at radius 2 is 1.92 bits per heavy atom. The molecule has 0 spiro atoms. The summed E-state index contributed by atoms with van der Waals surface area (Å²) in [4.78, 5) is 22.6. The molecule has 1 saturated carbocycles. The van der Waals surface area contributed by atoms with Crippen LogP contribution in [0.3, 0.4) is 0 Å². The van der Waals surface area contributed by atoms with Crippen LogP contribution in [0.25, 0.3) is 0 Å². The lowest BCUT2D eigenvalue weighted by Gasteiger charge is -2.07. The van der Waals surface area contributed by atoms with Gasteiger partial charge in [-0.1, -0.05) is 12.8 Å². The number of nitrogens with zero attached hydrogens (tertiary/aromatic N) is 2. The summed E-state index contributed by atoms with van der Waals surface area (Å²) in [7, 11) is 1.49. The first-order valence-corrected chi connectivity index (χ1v) is 4.57. The van der Waals surface area contributed by atoms with Gasteiger partial charge >= 0.3 is 11.4 Å². The molecule has 1 aliphatic rings. The highest BCUT2D eigenvalue weighted by molar-refractivity contribution is 4.77. The third kappa shape index (κ3) is 1.24. The molecule has 1 aromatic heterocycles. The fourth-order valence-corrected chi connectivity index (χ4v) is 1.88. The number of aromatic amines is 1. The zero-order valence-electron chi connectivity index (χ0n) is 7.62. The van der Waals surface area contributed by atoms with Crippen LogP contribution in [0, 0.1) is 0 Å². The first kappa shape index (κ1) is 8.34. The van der Waals surface area contributed by atoms with Crippen molar-refractivity contribution in [3.63, 3.8) is 0 Å². The number of hydrogen-bond donors (Lipinski definition) is 1. The second-order valence-electron chi connectivity index (χ2n) is 3.57. The molecule has 0 atom stereocenters. The monoisotopic (exact) mass is 183 g/mol. The lowest BCUT2D eigenvalue weighted by Crippen LogP contribution is -2.27. The van der Waals surface area contributed by atoms with E-state index in [1.807, 2.05) is 0 Å². The standard InChI is InChI=1S/C8H13N3O2/c1-10-7(12)9-11(8(10)13)6-4-2-3-5-6/h6H,2-5H2,1H3,(H,9,12). The van der Waals surface area contributed by atoms with Gasteiger partial charge in [0.05, 0.1) is 6.04 Å². The number of aromatic nitrogens is 3. The topological polar surface area (TPSA) is 59.8 Å². The van der Waals surface area contributed by atoms with E-state index >= 15 is 0 Å². The van der Waals surface area contributed by atoms with Crippen molar-refractivity contribution in [1.29, 1.82) is 0 Å². The molecule has 0 amide bonds. The van der Waals surface area contributed by atoms with E-state index in [0.29, 0.717) is 0 Å². The predicted octanol–water partition coefficient (Wildman–Crippen LogP) is -0.00980. The minimum absolute atomic E-state index is 0.210. The zero-order chi connectivity index (χ0) is 9.42. The van der Waals surface area contributed by atoms with Crippen molar-refractivity contribution in [1.82, 2.24) is 14.3 Å². The van der Waals surface area contributed by atoms with Crippen molar-refractivity contribution in [2.24, 2.45) is 7.05 Å². The maximum absolute atomic E-state index is 11.5. The highest BCUT2D eigenvalue weighted by Crippen LogP contribution is 2.26. The molecular formula is C8H13N3O2. The van der Waals surface area contributed by atoms with E-state index in [0.717, 1.165) is 30.3 Å². The average molecular weight is 183 g/mol. The molecular weight excluding hydrogens is 170 g/mol. The van der Waals surface area contributed by atoms with Crippen LogP contribution in [0.2, 0.25) is 0 Å². The molecule has 5 nitrogen and oxygen atoms in total. The van der Waals surface area contributed by atoms with Crippen molar-refractivity contribution in [3.05, 3.63) is 21.0 Å². The average Bonchev–Trinajstić information content (AvgIpc) is 2.70. The van der Waals surface area contributed by atoms with E-state index in [9.17, 15) is 9.59 Å². The minimum Gasteiger partial charge on any atom is -0.246 e. The van der Waals surface area contributed by atoms with Crippen LogP contribution in [-0.2, 0) is 7.05 Å². The van der Waals surface area contributed by atoms with Gasteiger partial charge in [0.2, 0.25) is 0 Å². The van der Waals surface area contributed by atoms with Gasteiger partial charge < -0.3 is 0 Å². The highest BCUT2D eigenvalue weighted by atomic mass is 16.2. The normalized spacial score (nSPS) is 18.2. The van der Waals surface area contributed by atoms with Crippen molar-refractivity contribution in [2.75, 3.05) is 0 Å². The summed E-state index contributed by atoms with van der Waals surface area (Å²) in [6, 6.07) is 0.210. The van der Waals surface area contributed by atoms with E-state index in [4.69, 9.17) is 0 Å². The molecule has 1 aliphatic carbocycles. The first-order valence-electron chi connectivity index (χ1n) is 4.57. The van der Waals surface area contributed by atoms with Crippen molar-refractivity contribution in [3.8, 4) is 0 Å². The fraction of sp³-hybridized carbons (Fsp3) is 0.750. The molecule has 0 saturated heterocycles. The third-order valence-electron chi connectivity index (χ3n) is 2.70. The molecule has 1 fully saturated rings. The Labute approximate surface area is 75.0 Å². The Hall–Kier alpha value is -1.26. The van der Waals surface area contributed by atoms with Crippen molar-refractivity contribution < 1.29 is 0 Å². The van der Waals surface area contributed by atoms with Gasteiger partial charge in [-0.15, -0.1) is 0 Å². The highest BCUT2D eigenvalue weighted by Gasteiger charge is 2.20. The lowest BCUT2D eigenvalue weighted by molar-refractivity contribution is 0.447. The van der Waals surface area contributed by atoms with Crippen LogP contribution in [-0.4, -0.2) is 14.3 Å². The van der Waals surface area contributed by atoms with Crippen LogP contribution in [0.15, 0.2) is 9.59 Å². The Morgan fingerprint density at radius 1 is 1.31 bits per heavy atom. The van der Waals surface area contributed by atoms with Gasteiger partial charge in [0.1, 0.15) is 0 Å². The summed E-state index contributed by atoms with van der Waals surface area (Å²) in [5.74, 6) is 0. The molecule has 0 aliphatic heterocycles. The molecule has 0 aromatic carbocycles. The molecule has 0 bridgehead atoms. The molecule has 1 heterocycles. The summed E-state index contributed by atoms with van der Waals surface area (Å²) in [6.45, 7) is 0. The van der Waals surface area contributed by atoms with Gasteiger partial charge in [-0.25, -0.2) is 23.9 Å². The van der Waals surface area contributed by atoms with Crippen LogP contribution < -0.4 is 11.4 Å². The fourth-order valence-electron chi connectivity index (χ4n) is 1.88. The molecule has 13 heavy (non-hydrogen) atoms. The predicted molar refractivity (Wildman–Crippen MR) is 47.8 cm³/mol. The molecule has 1 aromatic rings. The van der Waals surface area contributed by atoms with Gasteiger partial charge in [-0.3, -0.25) is 0 Å². The van der Waals surface area contributed by atoms with Gasteiger partial charge in [0.15, 0.2) is 0 Å². The van der Waals surface area contributed by atoms with Gasteiger partial charge in [0.25, 0.3) is 0 Å². The maximum atomic E-state index is 11.5. The van der Waals surface area contributed by atoms with Crippen LogP contribution in [0.5, 0.6) is 0 Å². The molecule has 0 unspecified atom stereocenters. The third-order valence-corrected chi connectivity index (χ3v) is 2.70. The van der Waals surface area contributed by atoms with E-state index in [1.165, 1.54) is 11.7 Å². The zero-order valence-corrected chi connectivity index (χ0v) is 7.62. The molecule has 1 N–H and O–H groups in total. The second-order valence-corrected chi connectivity index (χ2v) is 3.57. The summed E-state index contributed by atoms with van der Waals surface area (Å²) in [6.07, 6.45) is 4.29. The lowest BCUT2D eigenvalue weighted by atomic mass is 10.3. The van der Waals surface area contributed by atoms with Gasteiger partial charge in [0, 0.05) is 7.05 Å². The van der Waals surface area contributed by atoms with Crippen LogP contribution in [0.4, 0.5) is 0 Å². The Morgan fingerprint density at radius 3 is 2.38 bits per heavy atom. The summed E-state index contributed by atoms with van der Waals surface area (Å²) < 4.78 is 2.58. The Kier molecular flexibility index (Phi) is 1.86. The number of rotatable bonds is 1. The maximum Gasteiger partial charge on any atom is 0.346 e. The number of H-pyrrole nitrogens is 1. The van der Waals surface area contributed by atoms with Crippen LogP contribution in [0.1, 0.15) is 31.7 Å². The van der Waals surface area contributed by atoms with E-state index < -0.39 is 0 Å². The van der Waals surface area contributed by atoms with Gasteiger partial charge in [-0.2, -0.15) is 0 Å². The van der Waals surface area contributed by atoms with E-state index in [-0.39, 0.29) is 17.4 Å². The largest absolute Gasteiger partial charge is 0.346 e. The molecule has 72 valence electrons. The Bertz CT molecular complexity index is 406. The summed E-state index contributed by atoms with van der Waals surface area (Å²) in [5, 5.41) is 2.57. The van der Waals surface area contributed by atoms with Crippen molar-refractivity contribution in [2.45, 2.75) is 31.7 Å². The van der Waals surface area contributed by atoms with Crippen LogP contribution >= 0.6 is 0 Å². The first-order chi connectivity index (χ1) is 6.20. The summed E-state index contributed by atoms with van der Waals surface area (Å²) in [5.41, 5.74) is -0.547. The number of hydrogen-bond acceptors (Lipinski definition) is 2. The summed E-state index contributed by atoms with van der Waals surface area (Å²) >= 11 is 0. The Balaban J connectivity index is 2.45.